The highest BCUT2D eigenvalue weighted by molar-refractivity contribution is 6.07. The number of aromatic amines is 2. The lowest BCUT2D eigenvalue weighted by Gasteiger charge is -2.32. The van der Waals surface area contributed by atoms with Crippen LogP contribution in [0.15, 0.2) is 85.1 Å². The zero-order valence-electron chi connectivity index (χ0n) is 37.4. The summed E-state index contributed by atoms with van der Waals surface area (Å²) in [6.45, 7) is 14.8. The Morgan fingerprint density at radius 1 is 0.922 bits per heavy atom. The molecular weight excluding hydrogens is 813 g/mol. The van der Waals surface area contributed by atoms with E-state index in [4.69, 9.17) is 24.2 Å². The maximum Gasteiger partial charge on any atom is 0.407 e. The third-order valence-corrected chi connectivity index (χ3v) is 12.7. The van der Waals surface area contributed by atoms with E-state index in [9.17, 15) is 19.2 Å². The number of amides is 4. The molecule has 5 aromatic rings. The van der Waals surface area contributed by atoms with Gasteiger partial charge in [0.2, 0.25) is 5.91 Å². The van der Waals surface area contributed by atoms with Crippen molar-refractivity contribution >= 4 is 45.8 Å². The number of hydrogen-bond donors (Lipinski definition) is 4. The van der Waals surface area contributed by atoms with Gasteiger partial charge >= 0.3 is 12.2 Å². The molecule has 4 N–H and O–H groups in total. The molecule has 8 rings (SSSR count). The van der Waals surface area contributed by atoms with Gasteiger partial charge in [-0.1, -0.05) is 69.9 Å². The summed E-state index contributed by atoms with van der Waals surface area (Å²) in [7, 11) is 2.55. The van der Waals surface area contributed by atoms with Crippen molar-refractivity contribution in [2.45, 2.75) is 90.7 Å². The van der Waals surface area contributed by atoms with Crippen molar-refractivity contribution in [2.75, 3.05) is 20.8 Å². The summed E-state index contributed by atoms with van der Waals surface area (Å²) in [5.74, 6) is 1.75. The average Bonchev–Trinajstić information content (AvgIpc) is 4.11. The molecule has 0 aliphatic carbocycles. The molecule has 2 saturated heterocycles. The number of ether oxygens (including phenoxy) is 3. The Morgan fingerprint density at radius 2 is 1.70 bits per heavy atom. The van der Waals surface area contributed by atoms with Crippen LogP contribution in [0.2, 0.25) is 0 Å². The zero-order chi connectivity index (χ0) is 45.4. The van der Waals surface area contributed by atoms with Crippen molar-refractivity contribution in [3.8, 4) is 28.1 Å². The summed E-state index contributed by atoms with van der Waals surface area (Å²) < 4.78 is 16.1. The highest BCUT2D eigenvalue weighted by Gasteiger charge is 2.42. The first-order chi connectivity index (χ1) is 30.8. The van der Waals surface area contributed by atoms with E-state index in [2.05, 4.69) is 70.5 Å². The van der Waals surface area contributed by atoms with Crippen molar-refractivity contribution in [1.29, 1.82) is 0 Å². The van der Waals surface area contributed by atoms with Crippen LogP contribution in [0, 0.1) is 11.8 Å². The molecule has 3 aliphatic rings. The predicted molar refractivity (Wildman–Crippen MR) is 244 cm³/mol. The van der Waals surface area contributed by atoms with Crippen LogP contribution in [0.25, 0.3) is 44.2 Å². The average molecular weight is 869 g/mol. The molecular formula is C49H56N8O7. The van der Waals surface area contributed by atoms with E-state index in [0.717, 1.165) is 68.3 Å². The van der Waals surface area contributed by atoms with E-state index in [1.807, 2.05) is 57.0 Å². The molecule has 3 aliphatic heterocycles. The number of aromatic nitrogens is 4. The molecule has 0 spiro atoms. The van der Waals surface area contributed by atoms with Gasteiger partial charge in [-0.2, -0.15) is 0 Å². The number of likely N-dealkylation sites (tertiary alicyclic amines) is 2. The first-order valence-corrected chi connectivity index (χ1v) is 21.9. The van der Waals surface area contributed by atoms with E-state index in [-0.39, 0.29) is 41.8 Å². The van der Waals surface area contributed by atoms with Crippen LogP contribution in [0.4, 0.5) is 9.59 Å². The Labute approximate surface area is 372 Å². The quantitative estimate of drug-likeness (QED) is 0.0947. The fraction of sp³-hybridized carbons (Fsp3) is 0.388. The lowest BCUT2D eigenvalue weighted by atomic mass is 9.92. The summed E-state index contributed by atoms with van der Waals surface area (Å²) in [5.41, 5.74) is 6.92. The number of hydrogen-bond acceptors (Lipinski definition) is 9. The molecule has 5 heterocycles. The molecule has 15 heteroatoms. The van der Waals surface area contributed by atoms with Crippen LogP contribution in [0.1, 0.15) is 83.2 Å². The standard InChI is InChI=1S/C49H56N8O7/c1-9-10-11-12-28(5)42(55-49(61)63-8)46(58)56-24-27(4)19-39(56)45-51-36-17-15-30-21-35-33-16-14-31(20-32(33)25-64-40(35)22-34(30)43(36)53-45)37-23-50-44(52-37)38-18-13-29(6)57(38)47(59)41(26(2)3)54-48(60)62-7/h9-12,14-17,20-23,26-27,29,38-39,41-42H,5,13,18-19,24-25H2,1-4,6-8H3,(H,50,52)(H,51,53)(H,54,60)(H,55,61)/b10-9-,12-11-/t27-,29-,38-,39-,41-,42+/m0/s1. The number of carbonyl (C=O) groups is 4. The molecule has 64 heavy (non-hydrogen) atoms. The Morgan fingerprint density at radius 3 is 2.45 bits per heavy atom. The van der Waals surface area contributed by atoms with E-state index < -0.39 is 24.3 Å². The molecule has 6 atom stereocenters. The van der Waals surface area contributed by atoms with Crippen molar-refractivity contribution in [1.82, 2.24) is 40.4 Å². The number of nitrogens with zero attached hydrogens (tertiary/aromatic N) is 4. The number of H-pyrrole nitrogens is 2. The first-order valence-electron chi connectivity index (χ1n) is 21.9. The van der Waals surface area contributed by atoms with Gasteiger partial charge in [0.05, 0.1) is 49.2 Å². The Bertz CT molecular complexity index is 2700. The number of carbonyl (C=O) groups excluding carboxylic acids is 4. The number of benzene rings is 3. The third-order valence-electron chi connectivity index (χ3n) is 12.7. The number of fused-ring (bicyclic) bond motifs is 6. The number of imidazole rings is 2. The van der Waals surface area contributed by atoms with Gasteiger partial charge < -0.3 is 44.6 Å². The van der Waals surface area contributed by atoms with Gasteiger partial charge in [0, 0.05) is 23.5 Å². The van der Waals surface area contributed by atoms with E-state index in [1.165, 1.54) is 14.2 Å². The van der Waals surface area contributed by atoms with Crippen molar-refractivity contribution in [3.63, 3.8) is 0 Å². The highest BCUT2D eigenvalue weighted by atomic mass is 16.5. The summed E-state index contributed by atoms with van der Waals surface area (Å²) in [6, 6.07) is 12.2. The normalized spacial score (nSPS) is 20.4. The molecule has 3 aromatic carbocycles. The molecule has 0 saturated carbocycles. The minimum atomic E-state index is -1.02. The molecule has 334 valence electrons. The van der Waals surface area contributed by atoms with Gasteiger partial charge in [-0.25, -0.2) is 19.6 Å². The van der Waals surface area contributed by atoms with Crippen molar-refractivity contribution in [2.24, 2.45) is 11.8 Å². The molecule has 2 fully saturated rings. The van der Waals surface area contributed by atoms with Gasteiger partial charge in [0.1, 0.15) is 36.1 Å². The third kappa shape index (κ3) is 8.33. The zero-order valence-corrected chi connectivity index (χ0v) is 37.4. The van der Waals surface area contributed by atoms with Crippen LogP contribution < -0.4 is 15.4 Å². The van der Waals surface area contributed by atoms with Gasteiger partial charge in [-0.05, 0) is 96.9 Å². The Balaban J connectivity index is 1.04. The molecule has 0 unspecified atom stereocenters. The minimum absolute atomic E-state index is 0.0223. The Hall–Kier alpha value is -6.90. The molecule has 0 bridgehead atoms. The van der Waals surface area contributed by atoms with E-state index >= 15 is 0 Å². The summed E-state index contributed by atoms with van der Waals surface area (Å²) in [4.78, 5) is 73.1. The fourth-order valence-electron chi connectivity index (χ4n) is 9.37. The maximum absolute atomic E-state index is 14.2. The molecule has 0 radical (unpaired) electrons. The predicted octanol–water partition coefficient (Wildman–Crippen LogP) is 8.42. The van der Waals surface area contributed by atoms with Gasteiger partial charge in [0.15, 0.2) is 0 Å². The van der Waals surface area contributed by atoms with Gasteiger partial charge in [-0.15, -0.1) is 0 Å². The van der Waals surface area contributed by atoms with Crippen LogP contribution in [0.5, 0.6) is 5.75 Å². The second-order valence-corrected chi connectivity index (χ2v) is 17.4. The summed E-state index contributed by atoms with van der Waals surface area (Å²) in [6.07, 6.45) is 9.90. The lowest BCUT2D eigenvalue weighted by molar-refractivity contribution is -0.137. The SMILES string of the molecule is C=C(/C=C\C=C/C)[C@@H](NC(=O)OC)C(=O)N1C[C@@H](C)C[C@H]1c1nc2ccc3cc4c(cc3c2[nH]1)OCc1cc(-c2cnc([C@@H]3CC[C@H](C)N3C(=O)[C@@H](NC(=O)OC)C(C)C)[nH]2)ccc1-4. The monoisotopic (exact) mass is 868 g/mol. The van der Waals surface area contributed by atoms with Gasteiger partial charge in [0.25, 0.3) is 5.91 Å². The summed E-state index contributed by atoms with van der Waals surface area (Å²) in [5, 5.41) is 7.36. The number of methoxy groups -OCH3 is 2. The minimum Gasteiger partial charge on any atom is -0.488 e. The van der Waals surface area contributed by atoms with Crippen LogP contribution in [0.3, 0.4) is 0 Å². The van der Waals surface area contributed by atoms with Crippen LogP contribution >= 0.6 is 0 Å². The largest absolute Gasteiger partial charge is 0.488 e. The number of rotatable bonds is 11. The summed E-state index contributed by atoms with van der Waals surface area (Å²) >= 11 is 0. The van der Waals surface area contributed by atoms with Crippen molar-refractivity contribution in [3.05, 3.63) is 102 Å². The smallest absolute Gasteiger partial charge is 0.407 e. The van der Waals surface area contributed by atoms with Crippen molar-refractivity contribution < 1.29 is 33.4 Å². The second kappa shape index (κ2) is 18.1. The maximum atomic E-state index is 14.2. The van der Waals surface area contributed by atoms with Gasteiger partial charge in [-0.3, -0.25) is 9.59 Å². The first kappa shape index (κ1) is 43.7. The van der Waals surface area contributed by atoms with E-state index in [0.29, 0.717) is 36.8 Å². The highest BCUT2D eigenvalue weighted by Crippen LogP contribution is 2.44. The fourth-order valence-corrected chi connectivity index (χ4v) is 9.37. The number of nitrogens with one attached hydrogen (secondary N) is 4. The lowest BCUT2D eigenvalue weighted by Crippen LogP contribution is -2.52. The topological polar surface area (TPSA) is 184 Å². The Kier molecular flexibility index (Phi) is 12.3. The number of alkyl carbamates (subject to hydrolysis) is 2. The molecule has 4 amide bonds. The van der Waals surface area contributed by atoms with Crippen LogP contribution in [-0.2, 0) is 25.7 Å². The number of allylic oxidation sites excluding steroid dienone is 3. The second-order valence-electron chi connectivity index (χ2n) is 17.4. The van der Waals surface area contributed by atoms with E-state index in [1.54, 1.807) is 17.1 Å². The van der Waals surface area contributed by atoms with Crippen LogP contribution in [-0.4, -0.2) is 92.6 Å². The molecule has 15 nitrogen and oxygen atoms in total. The molecule has 2 aromatic heterocycles.